The monoisotopic (exact) mass is 490 g/mol. The summed E-state index contributed by atoms with van der Waals surface area (Å²) in [5.74, 6) is 1.30. The summed E-state index contributed by atoms with van der Waals surface area (Å²) >= 11 is 1.66. The minimum atomic E-state index is -0.0590. The summed E-state index contributed by atoms with van der Waals surface area (Å²) < 4.78 is 13.4. The Balaban J connectivity index is 1.42. The molecular weight excluding hydrogens is 460 g/mol. The first-order chi connectivity index (χ1) is 17.0. The average molecular weight is 491 g/mol. The topological polar surface area (TPSA) is 69.0 Å². The summed E-state index contributed by atoms with van der Waals surface area (Å²) in [4.78, 5) is 21.4. The number of carbonyl (C=O) groups is 1. The molecule has 1 aliphatic carbocycles. The lowest BCUT2D eigenvalue weighted by Gasteiger charge is -2.28. The van der Waals surface area contributed by atoms with E-state index in [4.69, 9.17) is 9.47 Å². The molecular formula is C27H30N4O3S. The smallest absolute Gasteiger partial charge is 0.275 e. The molecule has 1 amide bonds. The van der Waals surface area contributed by atoms with E-state index in [-0.39, 0.29) is 11.9 Å². The third kappa shape index (κ3) is 5.03. The molecule has 0 bridgehead atoms. The summed E-state index contributed by atoms with van der Waals surface area (Å²) in [5.41, 5.74) is 4.00. The highest BCUT2D eigenvalue weighted by Gasteiger charge is 2.29. The molecule has 3 heterocycles. The fraction of sp³-hybridized carbons (Fsp3) is 0.370. The van der Waals surface area contributed by atoms with Crippen molar-refractivity contribution in [1.82, 2.24) is 19.5 Å². The van der Waals surface area contributed by atoms with Gasteiger partial charge in [0.25, 0.3) is 5.91 Å². The van der Waals surface area contributed by atoms with Crippen molar-refractivity contribution in [3.8, 4) is 11.5 Å². The van der Waals surface area contributed by atoms with Gasteiger partial charge in [0, 0.05) is 34.9 Å². The molecule has 3 aromatic heterocycles. The van der Waals surface area contributed by atoms with E-state index < -0.39 is 0 Å². The number of rotatable bonds is 8. The van der Waals surface area contributed by atoms with Gasteiger partial charge in [0.2, 0.25) is 0 Å². The van der Waals surface area contributed by atoms with Gasteiger partial charge in [-0.15, -0.1) is 11.3 Å². The van der Waals surface area contributed by atoms with Gasteiger partial charge < -0.3 is 14.4 Å². The Morgan fingerprint density at radius 3 is 2.71 bits per heavy atom. The highest BCUT2D eigenvalue weighted by molar-refractivity contribution is 7.09. The van der Waals surface area contributed by atoms with Crippen molar-refractivity contribution < 1.29 is 14.3 Å². The standard InChI is InChI=1S/C27H30N4O3S/c1-18-13-19(2)31-26(28-18)15-23(29-31)27(32)30(21-7-4-5-8-21)16-20-10-11-24(33-3)25(14-20)34-17-22-9-6-12-35-22/h6,9-15,21H,4-5,7-8,16-17H2,1-3H3. The zero-order chi connectivity index (χ0) is 24.4. The second-order valence-corrected chi connectivity index (χ2v) is 10.1. The van der Waals surface area contributed by atoms with Crippen LogP contribution in [0.5, 0.6) is 11.5 Å². The maximum absolute atomic E-state index is 13.8. The summed E-state index contributed by atoms with van der Waals surface area (Å²) in [5, 5.41) is 6.65. The number of carbonyl (C=O) groups excluding carboxylic acids is 1. The van der Waals surface area contributed by atoms with Crippen LogP contribution in [0.2, 0.25) is 0 Å². The number of ether oxygens (including phenoxy) is 2. The Labute approximate surface area is 209 Å². The lowest BCUT2D eigenvalue weighted by Crippen LogP contribution is -2.38. The van der Waals surface area contributed by atoms with Crippen LogP contribution in [0.25, 0.3) is 5.65 Å². The van der Waals surface area contributed by atoms with Crippen LogP contribution >= 0.6 is 11.3 Å². The van der Waals surface area contributed by atoms with Crippen LogP contribution in [-0.4, -0.2) is 38.6 Å². The van der Waals surface area contributed by atoms with Gasteiger partial charge in [-0.05, 0) is 61.9 Å². The van der Waals surface area contributed by atoms with Gasteiger partial charge in [-0.25, -0.2) is 9.50 Å². The van der Waals surface area contributed by atoms with E-state index in [1.165, 1.54) is 0 Å². The molecule has 1 aliphatic rings. The Morgan fingerprint density at radius 1 is 1.14 bits per heavy atom. The number of hydrogen-bond acceptors (Lipinski definition) is 6. The van der Waals surface area contributed by atoms with Crippen molar-refractivity contribution in [1.29, 1.82) is 0 Å². The SMILES string of the molecule is COc1ccc(CN(C(=O)c2cc3nc(C)cc(C)n3n2)C2CCCC2)cc1OCc1cccs1. The number of amides is 1. The first-order valence-corrected chi connectivity index (χ1v) is 12.9. The number of hydrogen-bond donors (Lipinski definition) is 0. The fourth-order valence-electron chi connectivity index (χ4n) is 4.79. The highest BCUT2D eigenvalue weighted by atomic mass is 32.1. The zero-order valence-electron chi connectivity index (χ0n) is 20.4. The van der Waals surface area contributed by atoms with Gasteiger partial charge >= 0.3 is 0 Å². The predicted molar refractivity (Wildman–Crippen MR) is 136 cm³/mol. The second kappa shape index (κ2) is 10.1. The first-order valence-electron chi connectivity index (χ1n) is 12.0. The quantitative estimate of drug-likeness (QED) is 0.323. The van der Waals surface area contributed by atoms with Gasteiger partial charge in [-0.1, -0.05) is 25.0 Å². The van der Waals surface area contributed by atoms with Crippen molar-refractivity contribution in [2.75, 3.05) is 7.11 Å². The van der Waals surface area contributed by atoms with Crippen LogP contribution in [0.3, 0.4) is 0 Å². The number of aryl methyl sites for hydroxylation is 2. The first kappa shape index (κ1) is 23.4. The second-order valence-electron chi connectivity index (χ2n) is 9.06. The van der Waals surface area contributed by atoms with Crippen LogP contribution < -0.4 is 9.47 Å². The van der Waals surface area contributed by atoms with Crippen molar-refractivity contribution in [3.63, 3.8) is 0 Å². The molecule has 0 saturated heterocycles. The Morgan fingerprint density at radius 2 is 1.97 bits per heavy atom. The molecule has 1 saturated carbocycles. The molecule has 0 N–H and O–H groups in total. The summed E-state index contributed by atoms with van der Waals surface area (Å²) in [6.45, 7) is 4.90. The van der Waals surface area contributed by atoms with Crippen LogP contribution in [0.1, 0.15) is 58.0 Å². The van der Waals surface area contributed by atoms with E-state index in [1.54, 1.807) is 29.0 Å². The van der Waals surface area contributed by atoms with Crippen LogP contribution in [-0.2, 0) is 13.2 Å². The molecule has 35 heavy (non-hydrogen) atoms. The number of nitrogens with zero attached hydrogens (tertiary/aromatic N) is 4. The molecule has 0 atom stereocenters. The van der Waals surface area contributed by atoms with Crippen molar-refractivity contribution in [3.05, 3.63) is 75.4 Å². The number of fused-ring (bicyclic) bond motifs is 1. The molecule has 1 fully saturated rings. The minimum Gasteiger partial charge on any atom is -0.493 e. The molecule has 0 radical (unpaired) electrons. The summed E-state index contributed by atoms with van der Waals surface area (Å²) in [6, 6.07) is 13.9. The van der Waals surface area contributed by atoms with E-state index in [1.807, 2.05) is 54.5 Å². The maximum Gasteiger partial charge on any atom is 0.275 e. The van der Waals surface area contributed by atoms with Crippen LogP contribution in [0, 0.1) is 13.8 Å². The lowest BCUT2D eigenvalue weighted by atomic mass is 10.1. The van der Waals surface area contributed by atoms with Gasteiger partial charge in [-0.3, -0.25) is 4.79 Å². The lowest BCUT2D eigenvalue weighted by molar-refractivity contribution is 0.0657. The third-order valence-electron chi connectivity index (χ3n) is 6.51. The Hall–Kier alpha value is -3.39. The average Bonchev–Trinajstić information content (AvgIpc) is 3.62. The Bertz CT molecular complexity index is 1330. The van der Waals surface area contributed by atoms with Crippen molar-refractivity contribution in [2.24, 2.45) is 0 Å². The van der Waals surface area contributed by atoms with Crippen molar-refractivity contribution in [2.45, 2.75) is 58.7 Å². The van der Waals surface area contributed by atoms with E-state index in [0.29, 0.717) is 36.0 Å². The number of aromatic nitrogens is 3. The van der Waals surface area contributed by atoms with E-state index in [9.17, 15) is 4.79 Å². The molecule has 8 heteroatoms. The van der Waals surface area contributed by atoms with Crippen LogP contribution in [0.4, 0.5) is 0 Å². The van der Waals surface area contributed by atoms with Gasteiger partial charge in [-0.2, -0.15) is 5.10 Å². The Kier molecular flexibility index (Phi) is 6.72. The van der Waals surface area contributed by atoms with E-state index >= 15 is 0 Å². The molecule has 4 aromatic rings. The van der Waals surface area contributed by atoms with Crippen molar-refractivity contribution >= 4 is 22.9 Å². The molecule has 0 unspecified atom stereocenters. The highest BCUT2D eigenvalue weighted by Crippen LogP contribution is 2.32. The molecule has 0 spiro atoms. The predicted octanol–water partition coefficient (Wildman–Crippen LogP) is 5.58. The normalized spacial score (nSPS) is 13.9. The molecule has 7 nitrogen and oxygen atoms in total. The van der Waals surface area contributed by atoms with Crippen LogP contribution in [0.15, 0.2) is 47.8 Å². The molecule has 1 aromatic carbocycles. The number of benzene rings is 1. The number of methoxy groups -OCH3 is 1. The zero-order valence-corrected chi connectivity index (χ0v) is 21.2. The largest absolute Gasteiger partial charge is 0.493 e. The molecule has 182 valence electrons. The molecule has 5 rings (SSSR count). The summed E-state index contributed by atoms with van der Waals surface area (Å²) in [6.07, 6.45) is 4.29. The summed E-state index contributed by atoms with van der Waals surface area (Å²) in [7, 11) is 1.64. The fourth-order valence-corrected chi connectivity index (χ4v) is 5.41. The van der Waals surface area contributed by atoms with E-state index in [0.717, 1.165) is 47.5 Å². The number of thiophene rings is 1. The van der Waals surface area contributed by atoms with Gasteiger partial charge in [0.15, 0.2) is 22.8 Å². The maximum atomic E-state index is 13.8. The third-order valence-corrected chi connectivity index (χ3v) is 7.36. The van der Waals surface area contributed by atoms with E-state index in [2.05, 4.69) is 16.1 Å². The molecule has 0 aliphatic heterocycles. The van der Waals surface area contributed by atoms with Gasteiger partial charge in [0.1, 0.15) is 6.61 Å². The van der Waals surface area contributed by atoms with Gasteiger partial charge in [0.05, 0.1) is 7.11 Å². The minimum absolute atomic E-state index is 0.0590.